The molecule has 0 amide bonds. The first kappa shape index (κ1) is 13.9. The van der Waals surface area contributed by atoms with Crippen LogP contribution in [0.5, 0.6) is 11.5 Å². The highest BCUT2D eigenvalue weighted by Crippen LogP contribution is 2.26. The van der Waals surface area contributed by atoms with Gasteiger partial charge in [0, 0.05) is 6.04 Å². The van der Waals surface area contributed by atoms with Crippen LogP contribution in [-0.2, 0) is 0 Å². The van der Waals surface area contributed by atoms with E-state index in [-0.39, 0.29) is 23.2 Å². The summed E-state index contributed by atoms with van der Waals surface area (Å²) < 4.78 is 20.5. The smallest absolute Gasteiger partial charge is 0.173 e. The quantitative estimate of drug-likeness (QED) is 0.389. The van der Waals surface area contributed by atoms with Gasteiger partial charge in [-0.25, -0.2) is 4.39 Å². The van der Waals surface area contributed by atoms with Crippen molar-refractivity contribution >= 4 is 5.84 Å². The molecule has 0 atom stereocenters. The highest BCUT2D eigenvalue weighted by molar-refractivity contribution is 5.99. The van der Waals surface area contributed by atoms with Crippen LogP contribution in [0.2, 0.25) is 0 Å². The Hall–Kier alpha value is -2.57. The van der Waals surface area contributed by atoms with E-state index in [1.54, 1.807) is 17.1 Å². The third-order valence-corrected chi connectivity index (χ3v) is 2.66. The van der Waals surface area contributed by atoms with Gasteiger partial charge in [-0.05, 0) is 32.0 Å². The third kappa shape index (κ3) is 2.87. The molecule has 2 aromatic rings. The van der Waals surface area contributed by atoms with E-state index in [1.807, 2.05) is 13.8 Å². The number of hydrogen-bond donors (Lipinski definition) is 2. The van der Waals surface area contributed by atoms with Crippen LogP contribution in [0.25, 0.3) is 0 Å². The Bertz CT molecular complexity index is 637. The number of hydrogen-bond acceptors (Lipinski definition) is 4. The zero-order valence-electron chi connectivity index (χ0n) is 11.1. The number of halogens is 1. The summed E-state index contributed by atoms with van der Waals surface area (Å²) in [6.07, 6.45) is 3.25. The standard InChI is InChI=1S/C13H15FN4O2/c1-8(2)18-7-10(6-16-18)20-12-4-3-9(14)5-11(12)13(15)17-19/h3-8,19H,1-2H3,(H2,15,17). The Morgan fingerprint density at radius 1 is 1.50 bits per heavy atom. The van der Waals surface area contributed by atoms with Crippen LogP contribution in [0, 0.1) is 5.82 Å². The first-order valence-corrected chi connectivity index (χ1v) is 6.00. The zero-order chi connectivity index (χ0) is 14.7. The predicted molar refractivity (Wildman–Crippen MR) is 71.6 cm³/mol. The van der Waals surface area contributed by atoms with Gasteiger partial charge in [0.1, 0.15) is 11.6 Å². The molecule has 0 bridgehead atoms. The first-order valence-electron chi connectivity index (χ1n) is 6.00. The maximum absolute atomic E-state index is 13.2. The molecule has 7 heteroatoms. The topological polar surface area (TPSA) is 85.7 Å². The molecule has 3 N–H and O–H groups in total. The van der Waals surface area contributed by atoms with Gasteiger partial charge in [-0.15, -0.1) is 0 Å². The molecule has 1 heterocycles. The SMILES string of the molecule is CC(C)n1cc(Oc2ccc(F)cc2/C(N)=N/O)cn1. The third-order valence-electron chi connectivity index (χ3n) is 2.66. The Morgan fingerprint density at radius 2 is 2.25 bits per heavy atom. The zero-order valence-corrected chi connectivity index (χ0v) is 11.1. The highest BCUT2D eigenvalue weighted by atomic mass is 19.1. The van der Waals surface area contributed by atoms with Gasteiger partial charge in [0.15, 0.2) is 11.6 Å². The Balaban J connectivity index is 2.32. The van der Waals surface area contributed by atoms with Crippen molar-refractivity contribution < 1.29 is 14.3 Å². The summed E-state index contributed by atoms with van der Waals surface area (Å²) in [5.41, 5.74) is 5.67. The molecule has 0 saturated carbocycles. The fourth-order valence-electron chi connectivity index (χ4n) is 1.63. The number of nitrogens with zero attached hydrogens (tertiary/aromatic N) is 3. The number of oxime groups is 1. The molecule has 0 fully saturated rings. The first-order chi connectivity index (χ1) is 9.51. The summed E-state index contributed by atoms with van der Waals surface area (Å²) in [7, 11) is 0. The Labute approximate surface area is 115 Å². The van der Waals surface area contributed by atoms with E-state index >= 15 is 0 Å². The fourth-order valence-corrected chi connectivity index (χ4v) is 1.63. The molecule has 6 nitrogen and oxygen atoms in total. The van der Waals surface area contributed by atoms with Gasteiger partial charge < -0.3 is 15.7 Å². The van der Waals surface area contributed by atoms with Crippen LogP contribution in [0.3, 0.4) is 0 Å². The molecule has 0 aliphatic rings. The molecular weight excluding hydrogens is 263 g/mol. The van der Waals surface area contributed by atoms with Crippen molar-refractivity contribution in [1.82, 2.24) is 9.78 Å². The number of benzene rings is 1. The van der Waals surface area contributed by atoms with E-state index < -0.39 is 5.82 Å². The summed E-state index contributed by atoms with van der Waals surface area (Å²) in [6.45, 7) is 3.97. The number of rotatable bonds is 4. The van der Waals surface area contributed by atoms with Gasteiger partial charge in [-0.3, -0.25) is 4.68 Å². The summed E-state index contributed by atoms with van der Waals surface area (Å²) in [6, 6.07) is 3.98. The van der Waals surface area contributed by atoms with Crippen LogP contribution in [0.1, 0.15) is 25.5 Å². The summed E-state index contributed by atoms with van der Waals surface area (Å²) in [5.74, 6) is 0.0369. The van der Waals surface area contributed by atoms with Crippen LogP contribution in [-0.4, -0.2) is 20.8 Å². The van der Waals surface area contributed by atoms with Crippen molar-refractivity contribution in [3.05, 3.63) is 42.0 Å². The van der Waals surface area contributed by atoms with Gasteiger partial charge in [0.25, 0.3) is 0 Å². The van der Waals surface area contributed by atoms with Crippen molar-refractivity contribution in [3.63, 3.8) is 0 Å². The molecule has 20 heavy (non-hydrogen) atoms. The summed E-state index contributed by atoms with van der Waals surface area (Å²) in [5, 5.41) is 15.7. The molecule has 0 saturated heterocycles. The second-order valence-electron chi connectivity index (χ2n) is 4.48. The van der Waals surface area contributed by atoms with Gasteiger partial charge >= 0.3 is 0 Å². The van der Waals surface area contributed by atoms with E-state index in [0.717, 1.165) is 6.07 Å². The Morgan fingerprint density at radius 3 is 2.85 bits per heavy atom. The van der Waals surface area contributed by atoms with Crippen molar-refractivity contribution in [2.45, 2.75) is 19.9 Å². The van der Waals surface area contributed by atoms with Crippen molar-refractivity contribution in [3.8, 4) is 11.5 Å². The number of ether oxygens (including phenoxy) is 1. The molecule has 0 aliphatic heterocycles. The van der Waals surface area contributed by atoms with E-state index in [2.05, 4.69) is 10.3 Å². The Kier molecular flexibility index (Phi) is 3.88. The minimum atomic E-state index is -0.503. The molecule has 2 rings (SSSR count). The fraction of sp³-hybridized carbons (Fsp3) is 0.231. The minimum Gasteiger partial charge on any atom is -0.453 e. The second-order valence-corrected chi connectivity index (χ2v) is 4.48. The molecule has 0 aliphatic carbocycles. The van der Waals surface area contributed by atoms with E-state index in [9.17, 15) is 4.39 Å². The highest BCUT2D eigenvalue weighted by Gasteiger charge is 2.12. The van der Waals surface area contributed by atoms with Crippen molar-refractivity contribution in [2.75, 3.05) is 0 Å². The van der Waals surface area contributed by atoms with Crippen LogP contribution < -0.4 is 10.5 Å². The maximum atomic E-state index is 13.2. The number of aromatic nitrogens is 2. The second kappa shape index (κ2) is 5.60. The van der Waals surface area contributed by atoms with Gasteiger partial charge in [-0.2, -0.15) is 5.10 Å². The lowest BCUT2D eigenvalue weighted by Gasteiger charge is -2.09. The van der Waals surface area contributed by atoms with Crippen molar-refractivity contribution in [1.29, 1.82) is 0 Å². The van der Waals surface area contributed by atoms with Crippen LogP contribution in [0.15, 0.2) is 35.7 Å². The number of nitrogens with two attached hydrogens (primary N) is 1. The molecule has 0 unspecified atom stereocenters. The van der Waals surface area contributed by atoms with E-state index in [1.165, 1.54) is 12.1 Å². The van der Waals surface area contributed by atoms with Gasteiger partial charge in [0.2, 0.25) is 0 Å². The largest absolute Gasteiger partial charge is 0.453 e. The van der Waals surface area contributed by atoms with Crippen LogP contribution in [0.4, 0.5) is 4.39 Å². The van der Waals surface area contributed by atoms with E-state index in [4.69, 9.17) is 15.7 Å². The average molecular weight is 278 g/mol. The molecule has 1 aromatic heterocycles. The van der Waals surface area contributed by atoms with Crippen LogP contribution >= 0.6 is 0 Å². The van der Waals surface area contributed by atoms with Crippen molar-refractivity contribution in [2.24, 2.45) is 10.9 Å². The summed E-state index contributed by atoms with van der Waals surface area (Å²) >= 11 is 0. The average Bonchev–Trinajstić information content (AvgIpc) is 2.88. The van der Waals surface area contributed by atoms with Gasteiger partial charge in [-0.1, -0.05) is 5.16 Å². The number of amidine groups is 1. The van der Waals surface area contributed by atoms with Gasteiger partial charge in [0.05, 0.1) is 18.0 Å². The lowest BCUT2D eigenvalue weighted by molar-refractivity contribution is 0.318. The molecule has 106 valence electrons. The molecule has 1 aromatic carbocycles. The molecule has 0 spiro atoms. The molecule has 0 radical (unpaired) electrons. The lowest BCUT2D eigenvalue weighted by Crippen LogP contribution is -2.14. The lowest BCUT2D eigenvalue weighted by atomic mass is 10.2. The minimum absolute atomic E-state index is 0.171. The molecular formula is C13H15FN4O2. The monoisotopic (exact) mass is 278 g/mol. The van der Waals surface area contributed by atoms with E-state index in [0.29, 0.717) is 5.75 Å². The maximum Gasteiger partial charge on any atom is 0.173 e. The normalized spacial score (nSPS) is 11.9. The summed E-state index contributed by atoms with van der Waals surface area (Å²) in [4.78, 5) is 0. The predicted octanol–water partition coefficient (Wildman–Crippen LogP) is 2.49.